The monoisotopic (exact) mass is 423 g/mol. The lowest BCUT2D eigenvalue weighted by Gasteiger charge is -2.36. The van der Waals surface area contributed by atoms with E-state index in [9.17, 15) is 13.2 Å². The van der Waals surface area contributed by atoms with Crippen molar-refractivity contribution in [3.63, 3.8) is 0 Å². The molecule has 0 aliphatic carbocycles. The summed E-state index contributed by atoms with van der Waals surface area (Å²) in [5.74, 6) is 5.99. The van der Waals surface area contributed by atoms with Crippen molar-refractivity contribution in [2.24, 2.45) is 5.92 Å². The van der Waals surface area contributed by atoms with E-state index in [1.807, 2.05) is 0 Å². The van der Waals surface area contributed by atoms with Crippen molar-refractivity contribution in [3.8, 4) is 11.8 Å². The van der Waals surface area contributed by atoms with Crippen LogP contribution in [0.4, 0.5) is 5.69 Å². The van der Waals surface area contributed by atoms with Gasteiger partial charge in [-0.2, -0.15) is 0 Å². The smallest absolute Gasteiger partial charge is 0.262 e. The van der Waals surface area contributed by atoms with Crippen LogP contribution < -0.4 is 9.79 Å². The molecule has 9 heteroatoms. The van der Waals surface area contributed by atoms with Crippen molar-refractivity contribution in [2.75, 3.05) is 43.4 Å². The molecule has 1 aromatic rings. The molecule has 1 amide bonds. The standard InChI is InChI=1S/C20H29N3O5S/c1-16(2)5-4-6-17-7-9-18(10-8-17)23(29(3,26)27)15-19(20(24)21-25)22-11-13-28-14-12-22/h7-10,16,19,25H,5,11-15H2,1-3H3,(H,21,24). The van der Waals surface area contributed by atoms with E-state index in [2.05, 4.69) is 25.7 Å². The number of hydroxylamine groups is 1. The number of morpholine rings is 1. The molecule has 0 saturated carbocycles. The number of rotatable bonds is 7. The first kappa shape index (κ1) is 23.2. The molecule has 2 rings (SSSR count). The molecule has 1 heterocycles. The fraction of sp³-hybridized carbons (Fsp3) is 0.550. The zero-order valence-corrected chi connectivity index (χ0v) is 17.9. The van der Waals surface area contributed by atoms with Gasteiger partial charge in [-0.15, -0.1) is 0 Å². The lowest BCUT2D eigenvalue weighted by molar-refractivity contribution is -0.136. The van der Waals surface area contributed by atoms with Crippen molar-refractivity contribution < 1.29 is 23.2 Å². The van der Waals surface area contributed by atoms with E-state index < -0.39 is 22.0 Å². The largest absolute Gasteiger partial charge is 0.379 e. The normalized spacial score (nSPS) is 16.0. The zero-order valence-electron chi connectivity index (χ0n) is 17.1. The molecular weight excluding hydrogens is 394 g/mol. The van der Waals surface area contributed by atoms with Crippen LogP contribution in [0.5, 0.6) is 0 Å². The van der Waals surface area contributed by atoms with Crippen LogP contribution in [0.25, 0.3) is 0 Å². The number of ether oxygens (including phenoxy) is 1. The molecule has 8 nitrogen and oxygen atoms in total. The van der Waals surface area contributed by atoms with Gasteiger partial charge in [-0.1, -0.05) is 25.7 Å². The first-order valence-electron chi connectivity index (χ1n) is 9.54. The predicted molar refractivity (Wildman–Crippen MR) is 111 cm³/mol. The lowest BCUT2D eigenvalue weighted by atomic mass is 10.1. The second-order valence-corrected chi connectivity index (χ2v) is 9.29. The first-order chi connectivity index (χ1) is 13.7. The van der Waals surface area contributed by atoms with Gasteiger partial charge in [0.15, 0.2) is 0 Å². The molecule has 0 radical (unpaired) electrons. The van der Waals surface area contributed by atoms with Gasteiger partial charge in [-0.05, 0) is 30.2 Å². The Labute approximate surface area is 172 Å². The highest BCUT2D eigenvalue weighted by Crippen LogP contribution is 2.20. The fourth-order valence-corrected chi connectivity index (χ4v) is 3.90. The third-order valence-electron chi connectivity index (χ3n) is 4.54. The van der Waals surface area contributed by atoms with E-state index in [1.165, 1.54) is 4.31 Å². The summed E-state index contributed by atoms with van der Waals surface area (Å²) >= 11 is 0. The lowest BCUT2D eigenvalue weighted by Crippen LogP contribution is -2.56. The average molecular weight is 424 g/mol. The maximum absolute atomic E-state index is 12.5. The average Bonchev–Trinajstić information content (AvgIpc) is 2.68. The maximum atomic E-state index is 12.5. The molecule has 1 aliphatic heterocycles. The molecule has 0 aromatic heterocycles. The van der Waals surface area contributed by atoms with Crippen LogP contribution in [0.3, 0.4) is 0 Å². The number of carbonyl (C=O) groups is 1. The van der Waals surface area contributed by atoms with E-state index >= 15 is 0 Å². The van der Waals surface area contributed by atoms with Gasteiger partial charge in [-0.25, -0.2) is 13.9 Å². The van der Waals surface area contributed by atoms with Gasteiger partial charge < -0.3 is 4.74 Å². The highest BCUT2D eigenvalue weighted by Gasteiger charge is 2.32. The minimum Gasteiger partial charge on any atom is -0.379 e. The van der Waals surface area contributed by atoms with Crippen molar-refractivity contribution >= 4 is 21.6 Å². The van der Waals surface area contributed by atoms with Crippen LogP contribution in [0.15, 0.2) is 24.3 Å². The molecule has 1 aliphatic rings. The van der Waals surface area contributed by atoms with E-state index in [0.717, 1.165) is 18.2 Å². The fourth-order valence-electron chi connectivity index (χ4n) is 2.99. The van der Waals surface area contributed by atoms with Crippen molar-refractivity contribution in [1.82, 2.24) is 10.4 Å². The molecule has 1 saturated heterocycles. The minimum atomic E-state index is -3.66. The Morgan fingerprint density at radius 1 is 1.28 bits per heavy atom. The molecule has 1 unspecified atom stereocenters. The quantitative estimate of drug-likeness (QED) is 0.387. The van der Waals surface area contributed by atoms with Gasteiger partial charge in [0.25, 0.3) is 5.91 Å². The molecule has 1 aromatic carbocycles. The number of amides is 1. The maximum Gasteiger partial charge on any atom is 0.262 e. The number of benzene rings is 1. The van der Waals surface area contributed by atoms with Gasteiger partial charge in [-0.3, -0.25) is 19.2 Å². The Bertz CT molecular complexity index is 837. The van der Waals surface area contributed by atoms with E-state index in [-0.39, 0.29) is 6.54 Å². The molecule has 0 bridgehead atoms. The number of anilines is 1. The van der Waals surface area contributed by atoms with Crippen LogP contribution in [-0.4, -0.2) is 69.6 Å². The SMILES string of the molecule is CC(C)CC#Cc1ccc(N(CC(C(=O)NO)N2CCOCC2)S(C)(=O)=O)cc1. The molecule has 1 atom stereocenters. The summed E-state index contributed by atoms with van der Waals surface area (Å²) in [4.78, 5) is 14.1. The molecule has 160 valence electrons. The van der Waals surface area contributed by atoms with Crippen molar-refractivity contribution in [3.05, 3.63) is 29.8 Å². The van der Waals surface area contributed by atoms with Crippen LogP contribution in [0.1, 0.15) is 25.8 Å². The van der Waals surface area contributed by atoms with Crippen LogP contribution in [0, 0.1) is 17.8 Å². The van der Waals surface area contributed by atoms with Crippen molar-refractivity contribution in [1.29, 1.82) is 0 Å². The van der Waals surface area contributed by atoms with Crippen LogP contribution in [-0.2, 0) is 19.6 Å². The summed E-state index contributed by atoms with van der Waals surface area (Å²) in [5.41, 5.74) is 2.88. The van der Waals surface area contributed by atoms with E-state index in [4.69, 9.17) is 9.94 Å². The summed E-state index contributed by atoms with van der Waals surface area (Å²) < 4.78 is 31.4. The Balaban J connectivity index is 2.25. The number of hydrogen-bond acceptors (Lipinski definition) is 6. The first-order valence-corrected chi connectivity index (χ1v) is 11.4. The van der Waals surface area contributed by atoms with Gasteiger partial charge >= 0.3 is 0 Å². The number of nitrogens with zero attached hydrogens (tertiary/aromatic N) is 2. The third kappa shape index (κ3) is 7.01. The topological polar surface area (TPSA) is 99.2 Å². The Hall–Kier alpha value is -2.12. The molecule has 29 heavy (non-hydrogen) atoms. The zero-order chi connectivity index (χ0) is 21.4. The van der Waals surface area contributed by atoms with Gasteiger partial charge in [0.1, 0.15) is 6.04 Å². The molecular formula is C20H29N3O5S. The Morgan fingerprint density at radius 2 is 1.90 bits per heavy atom. The van der Waals surface area contributed by atoms with E-state index in [1.54, 1.807) is 34.6 Å². The second kappa shape index (κ2) is 10.6. The van der Waals surface area contributed by atoms with E-state index in [0.29, 0.717) is 37.9 Å². The van der Waals surface area contributed by atoms with Gasteiger partial charge in [0.2, 0.25) is 10.0 Å². The summed E-state index contributed by atoms with van der Waals surface area (Å²) in [6, 6.07) is 6.03. The molecule has 2 N–H and O–H groups in total. The Morgan fingerprint density at radius 3 is 2.41 bits per heavy atom. The second-order valence-electron chi connectivity index (χ2n) is 7.38. The summed E-state index contributed by atoms with van der Waals surface area (Å²) in [7, 11) is -3.66. The highest BCUT2D eigenvalue weighted by molar-refractivity contribution is 7.92. The predicted octanol–water partition coefficient (Wildman–Crippen LogP) is 1.06. The van der Waals surface area contributed by atoms with Gasteiger partial charge in [0, 0.05) is 25.1 Å². The number of sulfonamides is 1. The van der Waals surface area contributed by atoms with Crippen LogP contribution >= 0.6 is 0 Å². The number of nitrogens with one attached hydrogen (secondary N) is 1. The molecule has 0 spiro atoms. The molecule has 1 fully saturated rings. The number of carbonyl (C=O) groups excluding carboxylic acids is 1. The Kier molecular flexibility index (Phi) is 8.46. The van der Waals surface area contributed by atoms with Crippen molar-refractivity contribution in [2.45, 2.75) is 26.3 Å². The summed E-state index contributed by atoms with van der Waals surface area (Å²) in [6.07, 6.45) is 1.88. The van der Waals surface area contributed by atoms with Gasteiger partial charge in [0.05, 0.1) is 31.7 Å². The minimum absolute atomic E-state index is 0.121. The third-order valence-corrected chi connectivity index (χ3v) is 5.70. The highest BCUT2D eigenvalue weighted by atomic mass is 32.2. The van der Waals surface area contributed by atoms with Crippen LogP contribution in [0.2, 0.25) is 0 Å². The summed E-state index contributed by atoms with van der Waals surface area (Å²) in [5, 5.41) is 9.14. The summed E-state index contributed by atoms with van der Waals surface area (Å²) in [6.45, 7) is 5.89. The number of hydrogen-bond donors (Lipinski definition) is 2.